The summed E-state index contributed by atoms with van der Waals surface area (Å²) >= 11 is 1.44. The van der Waals surface area contributed by atoms with Gasteiger partial charge in [0.05, 0.1) is 16.1 Å². The number of hydrogen-bond donors (Lipinski definition) is 0. The summed E-state index contributed by atoms with van der Waals surface area (Å²) in [6.07, 6.45) is 2.79. The van der Waals surface area contributed by atoms with Crippen LogP contribution in [0.3, 0.4) is 0 Å². The minimum atomic E-state index is -0.481. The van der Waals surface area contributed by atoms with Crippen LogP contribution >= 0.6 is 11.5 Å². The number of amides is 1. The molecule has 1 saturated heterocycles. The Hall–Kier alpha value is -1.82. The minimum absolute atomic E-state index is 0.0362. The number of rotatable bonds is 3. The van der Waals surface area contributed by atoms with E-state index in [0.29, 0.717) is 12.5 Å². The molecule has 0 spiro atoms. The molecule has 2 aromatic rings. The number of hydrogen-bond acceptors (Lipinski definition) is 5. The van der Waals surface area contributed by atoms with Gasteiger partial charge in [-0.25, -0.2) is 4.79 Å². The fourth-order valence-electron chi connectivity index (χ4n) is 2.88. The highest BCUT2D eigenvalue weighted by atomic mass is 32.1. The lowest BCUT2D eigenvalue weighted by atomic mass is 10.0. The van der Waals surface area contributed by atoms with E-state index in [-0.39, 0.29) is 12.1 Å². The first kappa shape index (κ1) is 17.0. The average Bonchev–Trinajstić information content (AvgIpc) is 2.95. The zero-order valence-corrected chi connectivity index (χ0v) is 15.3. The van der Waals surface area contributed by atoms with E-state index < -0.39 is 5.60 Å². The first-order chi connectivity index (χ1) is 11.4. The molecule has 1 atom stereocenters. The molecule has 1 amide bonds. The summed E-state index contributed by atoms with van der Waals surface area (Å²) in [7, 11) is 0. The van der Waals surface area contributed by atoms with E-state index in [0.717, 1.165) is 35.9 Å². The number of carbonyl (C=O) groups excluding carboxylic acids is 1. The number of benzene rings is 1. The number of carbonyl (C=O) groups is 1. The van der Waals surface area contributed by atoms with Crippen LogP contribution in [0, 0.1) is 0 Å². The van der Waals surface area contributed by atoms with Crippen molar-refractivity contribution in [3.8, 4) is 5.88 Å². The molecule has 1 aliphatic heterocycles. The maximum atomic E-state index is 12.4. The van der Waals surface area contributed by atoms with Gasteiger partial charge in [0.15, 0.2) is 0 Å². The van der Waals surface area contributed by atoms with E-state index >= 15 is 0 Å². The Labute approximate surface area is 146 Å². The number of fused-ring (bicyclic) bond motifs is 1. The zero-order chi connectivity index (χ0) is 17.2. The van der Waals surface area contributed by atoms with Gasteiger partial charge in [0.25, 0.3) is 0 Å². The molecule has 1 fully saturated rings. The summed E-state index contributed by atoms with van der Waals surface area (Å²) in [5.41, 5.74) is -0.481. The van der Waals surface area contributed by atoms with E-state index in [4.69, 9.17) is 9.47 Å². The van der Waals surface area contributed by atoms with Gasteiger partial charge in [-0.3, -0.25) is 0 Å². The van der Waals surface area contributed by atoms with Crippen LogP contribution in [0.5, 0.6) is 5.88 Å². The van der Waals surface area contributed by atoms with Crippen molar-refractivity contribution in [2.24, 2.45) is 0 Å². The van der Waals surface area contributed by atoms with Gasteiger partial charge in [-0.1, -0.05) is 12.1 Å². The van der Waals surface area contributed by atoms with Crippen molar-refractivity contribution in [2.45, 2.75) is 51.7 Å². The maximum absolute atomic E-state index is 12.4. The Morgan fingerprint density at radius 2 is 2.12 bits per heavy atom. The summed E-state index contributed by atoms with van der Waals surface area (Å²) in [5.74, 6) is 0.658. The first-order valence-corrected chi connectivity index (χ1v) is 9.18. The molecule has 2 heterocycles. The molecule has 1 aromatic carbocycles. The summed E-state index contributed by atoms with van der Waals surface area (Å²) in [5, 5.41) is 1.03. The lowest BCUT2D eigenvalue weighted by Gasteiger charge is -2.36. The predicted molar refractivity (Wildman–Crippen MR) is 95.7 cm³/mol. The highest BCUT2D eigenvalue weighted by Gasteiger charge is 2.31. The molecule has 0 unspecified atom stereocenters. The molecule has 1 aliphatic rings. The number of likely N-dealkylation sites (tertiary alicyclic amines) is 1. The average molecular weight is 348 g/mol. The smallest absolute Gasteiger partial charge is 0.410 e. The summed E-state index contributed by atoms with van der Waals surface area (Å²) < 4.78 is 17.0. The molecule has 1 aromatic heterocycles. The molecule has 0 N–H and O–H groups in total. The fraction of sp³-hybridized carbons (Fsp3) is 0.556. The van der Waals surface area contributed by atoms with Crippen LogP contribution in [0.15, 0.2) is 24.3 Å². The van der Waals surface area contributed by atoms with E-state index in [1.54, 1.807) is 0 Å². The molecular formula is C18H24N2O3S. The Balaban J connectivity index is 1.67. The van der Waals surface area contributed by atoms with Gasteiger partial charge in [-0.15, -0.1) is 0 Å². The van der Waals surface area contributed by atoms with Crippen molar-refractivity contribution in [1.29, 1.82) is 0 Å². The molecule has 3 rings (SSSR count). The van der Waals surface area contributed by atoms with Gasteiger partial charge in [0.1, 0.15) is 12.2 Å². The van der Waals surface area contributed by atoms with Gasteiger partial charge in [0.2, 0.25) is 5.88 Å². The van der Waals surface area contributed by atoms with E-state index in [9.17, 15) is 4.79 Å². The van der Waals surface area contributed by atoms with Crippen molar-refractivity contribution >= 4 is 27.7 Å². The van der Waals surface area contributed by atoms with Crippen LogP contribution in [0.4, 0.5) is 4.79 Å². The Bertz CT molecular complexity index is 708. The van der Waals surface area contributed by atoms with Crippen molar-refractivity contribution in [1.82, 2.24) is 9.27 Å². The van der Waals surface area contributed by atoms with Crippen LogP contribution in [0.2, 0.25) is 0 Å². The molecule has 0 saturated carbocycles. The van der Waals surface area contributed by atoms with Gasteiger partial charge in [-0.2, -0.15) is 4.37 Å². The standard InChI is InChI=1S/C18H24N2O3S/c1-18(2,3)23-17(21)20-11-7-6-8-13(20)12-22-16-14-9-4-5-10-15(14)24-19-16/h4-5,9-10,13H,6-8,11-12H2,1-3H3/t13-/m1/s1. The third kappa shape index (κ3) is 3.98. The monoisotopic (exact) mass is 348 g/mol. The van der Waals surface area contributed by atoms with Crippen molar-refractivity contribution in [2.75, 3.05) is 13.2 Å². The lowest BCUT2D eigenvalue weighted by molar-refractivity contribution is 0.00349. The molecule has 0 bridgehead atoms. The lowest BCUT2D eigenvalue weighted by Crippen LogP contribution is -2.48. The van der Waals surface area contributed by atoms with Crippen molar-refractivity contribution in [3.63, 3.8) is 0 Å². The molecule has 0 aliphatic carbocycles. The molecule has 130 valence electrons. The number of nitrogens with zero attached hydrogens (tertiary/aromatic N) is 2. The van der Waals surface area contributed by atoms with Crippen LogP contribution < -0.4 is 4.74 Å². The highest BCUT2D eigenvalue weighted by Crippen LogP contribution is 2.29. The third-order valence-corrected chi connectivity index (χ3v) is 4.82. The zero-order valence-electron chi connectivity index (χ0n) is 14.4. The Morgan fingerprint density at radius 1 is 1.33 bits per heavy atom. The van der Waals surface area contributed by atoms with E-state index in [2.05, 4.69) is 4.37 Å². The van der Waals surface area contributed by atoms with Gasteiger partial charge >= 0.3 is 6.09 Å². The van der Waals surface area contributed by atoms with Crippen LogP contribution in [0.25, 0.3) is 10.1 Å². The van der Waals surface area contributed by atoms with Gasteiger partial charge in [0, 0.05) is 6.54 Å². The minimum Gasteiger partial charge on any atom is -0.474 e. The fourth-order valence-corrected chi connectivity index (χ4v) is 3.60. The second-order valence-corrected chi connectivity index (χ2v) is 7.92. The largest absolute Gasteiger partial charge is 0.474 e. The van der Waals surface area contributed by atoms with Crippen LogP contribution in [0.1, 0.15) is 40.0 Å². The van der Waals surface area contributed by atoms with Crippen molar-refractivity contribution < 1.29 is 14.3 Å². The maximum Gasteiger partial charge on any atom is 0.410 e. The SMILES string of the molecule is CC(C)(C)OC(=O)N1CCCC[C@@H]1COc1nsc2ccccc12. The third-order valence-electron chi connectivity index (χ3n) is 4.01. The van der Waals surface area contributed by atoms with E-state index in [1.807, 2.05) is 49.9 Å². The summed E-state index contributed by atoms with van der Waals surface area (Å²) in [4.78, 5) is 14.2. The van der Waals surface area contributed by atoms with Crippen LogP contribution in [-0.2, 0) is 4.74 Å². The number of piperidine rings is 1. The normalized spacial score (nSPS) is 18.6. The molecule has 0 radical (unpaired) electrons. The number of ether oxygens (including phenoxy) is 2. The van der Waals surface area contributed by atoms with Gasteiger partial charge < -0.3 is 14.4 Å². The second kappa shape index (κ2) is 6.97. The van der Waals surface area contributed by atoms with Gasteiger partial charge in [-0.05, 0) is 63.7 Å². The quantitative estimate of drug-likeness (QED) is 0.821. The predicted octanol–water partition coefficient (Wildman–Crippen LogP) is 4.46. The topological polar surface area (TPSA) is 51.7 Å². The second-order valence-electron chi connectivity index (χ2n) is 7.12. The van der Waals surface area contributed by atoms with E-state index in [1.165, 1.54) is 11.5 Å². The molecule has 5 nitrogen and oxygen atoms in total. The number of aromatic nitrogens is 1. The molecule has 24 heavy (non-hydrogen) atoms. The molecule has 6 heteroatoms. The molecular weight excluding hydrogens is 324 g/mol. The van der Waals surface area contributed by atoms with Crippen molar-refractivity contribution in [3.05, 3.63) is 24.3 Å². The van der Waals surface area contributed by atoms with Crippen LogP contribution in [-0.4, -0.2) is 40.2 Å². The highest BCUT2D eigenvalue weighted by molar-refractivity contribution is 7.13. The Morgan fingerprint density at radius 3 is 2.92 bits per heavy atom. The first-order valence-electron chi connectivity index (χ1n) is 8.41. The summed E-state index contributed by atoms with van der Waals surface area (Å²) in [6, 6.07) is 8.06. The Kier molecular flexibility index (Phi) is 4.94. The summed E-state index contributed by atoms with van der Waals surface area (Å²) in [6.45, 7) is 6.85.